The molecule has 0 aromatic carbocycles. The van der Waals surface area contributed by atoms with Crippen molar-refractivity contribution in [3.8, 4) is 11.7 Å². The summed E-state index contributed by atoms with van der Waals surface area (Å²) in [7, 11) is 0. The van der Waals surface area contributed by atoms with Crippen molar-refractivity contribution in [1.82, 2.24) is 0 Å². The number of hydrogen-bond acceptors (Lipinski definition) is 2. The molecule has 0 N–H and O–H groups in total. The van der Waals surface area contributed by atoms with E-state index in [1.165, 1.54) is 0 Å². The van der Waals surface area contributed by atoms with Crippen LogP contribution in [-0.4, -0.2) is 0 Å². The largest absolute Gasteiger partial charge is 0.431 e. The van der Waals surface area contributed by atoms with E-state index in [1.807, 2.05) is 0 Å². The van der Waals surface area contributed by atoms with Gasteiger partial charge in [0.1, 0.15) is 0 Å². The maximum absolute atomic E-state index is 4.70. The van der Waals surface area contributed by atoms with Gasteiger partial charge in [0.15, 0.2) is 0 Å². The standard InChI is InChI=1S/C4H2O2.CH4/c1-2-5-4-3(1)6-4;/h1-2H;1H4. The third-order valence-corrected chi connectivity index (χ3v) is 0.757. The lowest BCUT2D eigenvalue weighted by Gasteiger charge is -1.63. The molecular formula is C5H6O2. The summed E-state index contributed by atoms with van der Waals surface area (Å²) in [5.41, 5.74) is 0. The fourth-order valence-electron chi connectivity index (χ4n) is 0.416. The third kappa shape index (κ3) is 0.393. The summed E-state index contributed by atoms with van der Waals surface area (Å²) in [6.45, 7) is 0. The van der Waals surface area contributed by atoms with Crippen molar-refractivity contribution in [1.29, 1.82) is 0 Å². The Morgan fingerprint density at radius 1 is 1.43 bits per heavy atom. The zero-order chi connectivity index (χ0) is 3.98. The molecule has 0 unspecified atom stereocenters. The van der Waals surface area contributed by atoms with Crippen LogP contribution in [0, 0.1) is 0 Å². The minimum atomic E-state index is 0. The van der Waals surface area contributed by atoms with E-state index in [1.54, 1.807) is 12.3 Å². The third-order valence-electron chi connectivity index (χ3n) is 0.757. The monoisotopic (exact) mass is 98.0 g/mol. The summed E-state index contributed by atoms with van der Waals surface area (Å²) in [4.78, 5) is 0. The minimum Gasteiger partial charge on any atom is -0.431 e. The lowest BCUT2D eigenvalue weighted by atomic mass is 10.7. The quantitative estimate of drug-likeness (QED) is 0.471. The van der Waals surface area contributed by atoms with E-state index in [0.29, 0.717) is 5.95 Å². The lowest BCUT2D eigenvalue weighted by molar-refractivity contribution is 0.451. The Hall–Kier alpha value is -0.920. The Labute approximate surface area is 41.7 Å². The highest BCUT2D eigenvalue weighted by Gasteiger charge is 2.23. The van der Waals surface area contributed by atoms with Crippen LogP contribution in [0.5, 0.6) is 11.7 Å². The highest BCUT2D eigenvalue weighted by molar-refractivity contribution is 5.45. The SMILES string of the molecule is C.c1cc2c(o1)O2. The first-order valence-electron chi connectivity index (χ1n) is 1.72. The molecular weight excluding hydrogens is 92.1 g/mol. The summed E-state index contributed by atoms with van der Waals surface area (Å²) < 4.78 is 9.38. The van der Waals surface area contributed by atoms with Crippen LogP contribution in [0.3, 0.4) is 0 Å². The maximum Gasteiger partial charge on any atom is 0.335 e. The van der Waals surface area contributed by atoms with Crippen LogP contribution >= 0.6 is 0 Å². The Balaban J connectivity index is 0.000000245. The lowest BCUT2D eigenvalue weighted by Crippen LogP contribution is -1.45. The van der Waals surface area contributed by atoms with Crippen molar-refractivity contribution in [3.05, 3.63) is 12.3 Å². The molecule has 2 heterocycles. The van der Waals surface area contributed by atoms with Gasteiger partial charge in [0.2, 0.25) is 5.75 Å². The van der Waals surface area contributed by atoms with Crippen LogP contribution in [0.2, 0.25) is 0 Å². The van der Waals surface area contributed by atoms with Crippen LogP contribution in [0.1, 0.15) is 7.43 Å². The van der Waals surface area contributed by atoms with Gasteiger partial charge >= 0.3 is 5.95 Å². The second kappa shape index (κ2) is 1.03. The van der Waals surface area contributed by atoms with Crippen molar-refractivity contribution >= 4 is 0 Å². The molecule has 0 bridgehead atoms. The molecule has 0 radical (unpaired) electrons. The normalized spacial score (nSPS) is 10.9. The molecule has 1 aliphatic heterocycles. The second-order valence-corrected chi connectivity index (χ2v) is 1.17. The minimum absolute atomic E-state index is 0. The molecule has 0 aliphatic carbocycles. The molecule has 2 nitrogen and oxygen atoms in total. The van der Waals surface area contributed by atoms with Crippen molar-refractivity contribution in [3.63, 3.8) is 0 Å². The average molecular weight is 98.1 g/mol. The molecule has 2 heteroatoms. The first kappa shape index (κ1) is 4.24. The molecule has 1 aromatic rings. The summed E-state index contributed by atoms with van der Waals surface area (Å²) >= 11 is 0. The molecule has 0 saturated carbocycles. The molecule has 7 heavy (non-hydrogen) atoms. The van der Waals surface area contributed by atoms with E-state index >= 15 is 0 Å². The number of fused-ring (bicyclic) bond motifs is 1. The molecule has 0 saturated heterocycles. The van der Waals surface area contributed by atoms with Crippen LogP contribution in [0.4, 0.5) is 0 Å². The van der Waals surface area contributed by atoms with Crippen molar-refractivity contribution in [2.24, 2.45) is 0 Å². The van der Waals surface area contributed by atoms with Crippen LogP contribution in [-0.2, 0) is 0 Å². The zero-order valence-corrected chi connectivity index (χ0v) is 2.97. The molecule has 1 aromatic heterocycles. The van der Waals surface area contributed by atoms with E-state index in [-0.39, 0.29) is 7.43 Å². The highest BCUT2D eigenvalue weighted by Crippen LogP contribution is 2.45. The van der Waals surface area contributed by atoms with E-state index in [4.69, 9.17) is 4.42 Å². The van der Waals surface area contributed by atoms with Gasteiger partial charge in [-0.15, -0.1) is 0 Å². The van der Waals surface area contributed by atoms with Gasteiger partial charge in [-0.05, 0) is 0 Å². The summed E-state index contributed by atoms with van der Waals surface area (Å²) in [5.74, 6) is 1.56. The first-order valence-corrected chi connectivity index (χ1v) is 1.72. The molecule has 38 valence electrons. The Kier molecular flexibility index (Phi) is 0.622. The predicted molar refractivity (Wildman–Crippen MR) is 25.5 cm³/mol. The van der Waals surface area contributed by atoms with E-state index in [2.05, 4.69) is 4.74 Å². The van der Waals surface area contributed by atoms with Crippen molar-refractivity contribution in [2.45, 2.75) is 7.43 Å². The first-order chi connectivity index (χ1) is 2.97. The Bertz CT molecular complexity index is 150. The van der Waals surface area contributed by atoms with Crippen molar-refractivity contribution < 1.29 is 9.15 Å². The Morgan fingerprint density at radius 3 is 2.43 bits per heavy atom. The van der Waals surface area contributed by atoms with Gasteiger partial charge in [-0.2, -0.15) is 0 Å². The van der Waals surface area contributed by atoms with Gasteiger partial charge in [-0.3, -0.25) is 0 Å². The number of hydrogen-bond donors (Lipinski definition) is 0. The van der Waals surface area contributed by atoms with Gasteiger partial charge in [0.05, 0.1) is 6.26 Å². The molecule has 0 amide bonds. The number of furan rings is 1. The smallest absolute Gasteiger partial charge is 0.335 e. The molecule has 0 spiro atoms. The number of ether oxygens (including phenoxy) is 1. The summed E-state index contributed by atoms with van der Waals surface area (Å²) in [6, 6.07) is 1.79. The Morgan fingerprint density at radius 2 is 2.29 bits per heavy atom. The van der Waals surface area contributed by atoms with Crippen LogP contribution in [0.25, 0.3) is 0 Å². The maximum atomic E-state index is 4.70. The topological polar surface area (TPSA) is 25.7 Å². The van der Waals surface area contributed by atoms with Gasteiger partial charge in [0.25, 0.3) is 0 Å². The molecule has 0 fully saturated rings. The van der Waals surface area contributed by atoms with Gasteiger partial charge in [-0.1, -0.05) is 7.43 Å². The van der Waals surface area contributed by atoms with Crippen LogP contribution in [0.15, 0.2) is 16.7 Å². The van der Waals surface area contributed by atoms with Crippen LogP contribution < -0.4 is 4.74 Å². The average Bonchev–Trinajstić information content (AvgIpc) is 2.17. The van der Waals surface area contributed by atoms with Gasteiger partial charge in [0, 0.05) is 6.07 Å². The molecule has 1 aliphatic rings. The fourth-order valence-corrected chi connectivity index (χ4v) is 0.416. The highest BCUT2D eigenvalue weighted by atomic mass is 16.7. The summed E-state index contributed by atoms with van der Waals surface area (Å²) in [5, 5.41) is 0. The van der Waals surface area contributed by atoms with Crippen molar-refractivity contribution in [2.75, 3.05) is 0 Å². The van der Waals surface area contributed by atoms with Gasteiger partial charge in [-0.25, -0.2) is 0 Å². The molecule has 0 atom stereocenters. The van der Waals surface area contributed by atoms with E-state index in [0.717, 1.165) is 5.75 Å². The van der Waals surface area contributed by atoms with Gasteiger partial charge < -0.3 is 9.15 Å². The predicted octanol–water partition coefficient (Wildman–Crippen LogP) is 2.02. The number of rotatable bonds is 0. The fraction of sp³-hybridized carbons (Fsp3) is 0.200. The summed E-state index contributed by atoms with van der Waals surface area (Å²) in [6.07, 6.45) is 1.61. The van der Waals surface area contributed by atoms with E-state index in [9.17, 15) is 0 Å². The second-order valence-electron chi connectivity index (χ2n) is 1.17. The zero-order valence-electron chi connectivity index (χ0n) is 2.97. The van der Waals surface area contributed by atoms with E-state index < -0.39 is 0 Å². The molecule has 2 rings (SSSR count).